The Kier molecular flexibility index (Phi) is 6.48. The Labute approximate surface area is 86.7 Å². The maximum Gasteiger partial charge on any atom is 0.135 e. The Morgan fingerprint density at radius 3 is 2.08 bits per heavy atom. The van der Waals surface area contributed by atoms with Crippen molar-refractivity contribution >= 4 is 17.5 Å². The number of carbonyl (C=O) groups excluding carboxylic acids is 1. The average molecular weight is 202 g/mol. The second-order valence-corrected chi connectivity index (χ2v) is 6.17. The smallest absolute Gasteiger partial charge is 0.135 e. The summed E-state index contributed by atoms with van der Waals surface area (Å²) in [6.45, 7) is 10.6. The van der Waals surface area contributed by atoms with Gasteiger partial charge >= 0.3 is 0 Å². The van der Waals surface area contributed by atoms with Crippen LogP contribution in [0, 0.1) is 5.92 Å². The average Bonchev–Trinajstić information content (AvgIpc) is 1.98. The second-order valence-electron chi connectivity index (χ2n) is 4.16. The molecule has 0 aromatic carbocycles. The molecular formula is C11H22OS. The van der Waals surface area contributed by atoms with Gasteiger partial charge in [-0.1, -0.05) is 34.6 Å². The molecule has 0 aromatic rings. The largest absolute Gasteiger partial charge is 0.299 e. The summed E-state index contributed by atoms with van der Waals surface area (Å²) < 4.78 is 0. The Morgan fingerprint density at radius 2 is 1.69 bits per heavy atom. The predicted octanol–water partition coefficient (Wildman–Crippen LogP) is 3.52. The van der Waals surface area contributed by atoms with Crippen molar-refractivity contribution in [3.05, 3.63) is 0 Å². The van der Waals surface area contributed by atoms with Crippen LogP contribution < -0.4 is 0 Å². The van der Waals surface area contributed by atoms with Crippen LogP contribution in [0.15, 0.2) is 0 Å². The van der Waals surface area contributed by atoms with Crippen molar-refractivity contribution in [2.75, 3.05) is 0 Å². The van der Waals surface area contributed by atoms with E-state index in [2.05, 4.69) is 20.8 Å². The number of hydrogen-bond acceptors (Lipinski definition) is 2. The molecule has 0 radical (unpaired) electrons. The molecule has 0 bridgehead atoms. The monoisotopic (exact) mass is 202 g/mol. The third kappa shape index (κ3) is 7.12. The first-order chi connectivity index (χ1) is 5.93. The van der Waals surface area contributed by atoms with E-state index in [9.17, 15) is 4.79 Å². The van der Waals surface area contributed by atoms with Gasteiger partial charge in [-0.2, -0.15) is 11.8 Å². The van der Waals surface area contributed by atoms with Gasteiger partial charge in [0.15, 0.2) is 0 Å². The fraction of sp³-hybridized carbons (Fsp3) is 0.909. The predicted molar refractivity (Wildman–Crippen MR) is 61.3 cm³/mol. The van der Waals surface area contributed by atoms with Crippen LogP contribution in [0.5, 0.6) is 0 Å². The molecular weight excluding hydrogens is 180 g/mol. The quantitative estimate of drug-likeness (QED) is 0.655. The third-order valence-corrected chi connectivity index (χ3v) is 3.19. The van der Waals surface area contributed by atoms with Crippen LogP contribution in [0.2, 0.25) is 0 Å². The van der Waals surface area contributed by atoms with Crippen LogP contribution in [0.4, 0.5) is 0 Å². The lowest BCUT2D eigenvalue weighted by Gasteiger charge is -2.13. The SMILES string of the molecule is CC(C)SC(C)CCC(=O)C(C)C. The molecule has 0 heterocycles. The molecule has 0 rings (SSSR count). The summed E-state index contributed by atoms with van der Waals surface area (Å²) >= 11 is 1.96. The van der Waals surface area contributed by atoms with Crippen molar-refractivity contribution in [1.82, 2.24) is 0 Å². The highest BCUT2D eigenvalue weighted by Crippen LogP contribution is 2.21. The molecule has 1 atom stereocenters. The van der Waals surface area contributed by atoms with Gasteiger partial charge in [0.2, 0.25) is 0 Å². The fourth-order valence-electron chi connectivity index (χ4n) is 1.17. The van der Waals surface area contributed by atoms with Gasteiger partial charge in [-0.15, -0.1) is 0 Å². The number of carbonyl (C=O) groups is 1. The van der Waals surface area contributed by atoms with Gasteiger partial charge in [0.1, 0.15) is 5.78 Å². The highest BCUT2D eigenvalue weighted by Gasteiger charge is 2.10. The Hall–Kier alpha value is 0.0200. The van der Waals surface area contributed by atoms with E-state index in [0.717, 1.165) is 12.8 Å². The fourth-order valence-corrected chi connectivity index (χ4v) is 2.35. The maximum absolute atomic E-state index is 11.3. The van der Waals surface area contributed by atoms with Crippen LogP contribution in [0.1, 0.15) is 47.5 Å². The zero-order chi connectivity index (χ0) is 10.4. The van der Waals surface area contributed by atoms with Crippen molar-refractivity contribution < 1.29 is 4.79 Å². The third-order valence-electron chi connectivity index (χ3n) is 1.95. The Morgan fingerprint density at radius 1 is 1.15 bits per heavy atom. The van der Waals surface area contributed by atoms with Gasteiger partial charge in [0.05, 0.1) is 0 Å². The molecule has 0 amide bonds. The molecule has 0 fully saturated rings. The number of Topliss-reactive ketones (excluding diaryl/α,β-unsaturated/α-hetero) is 1. The van der Waals surface area contributed by atoms with Crippen LogP contribution in [0.25, 0.3) is 0 Å². The van der Waals surface area contributed by atoms with E-state index >= 15 is 0 Å². The molecule has 1 nitrogen and oxygen atoms in total. The zero-order valence-corrected chi connectivity index (χ0v) is 10.3. The van der Waals surface area contributed by atoms with E-state index in [-0.39, 0.29) is 5.92 Å². The van der Waals surface area contributed by atoms with Gasteiger partial charge in [0, 0.05) is 17.6 Å². The van der Waals surface area contributed by atoms with Gasteiger partial charge in [0.25, 0.3) is 0 Å². The highest BCUT2D eigenvalue weighted by atomic mass is 32.2. The van der Waals surface area contributed by atoms with Crippen molar-refractivity contribution in [2.45, 2.75) is 58.0 Å². The number of hydrogen-bond donors (Lipinski definition) is 0. The zero-order valence-electron chi connectivity index (χ0n) is 9.46. The summed E-state index contributed by atoms with van der Waals surface area (Å²) in [5.41, 5.74) is 0. The molecule has 2 heteroatoms. The van der Waals surface area contributed by atoms with Crippen LogP contribution >= 0.6 is 11.8 Å². The molecule has 13 heavy (non-hydrogen) atoms. The number of rotatable bonds is 6. The summed E-state index contributed by atoms with van der Waals surface area (Å²) in [7, 11) is 0. The summed E-state index contributed by atoms with van der Waals surface area (Å²) in [5.74, 6) is 0.604. The van der Waals surface area contributed by atoms with Gasteiger partial charge < -0.3 is 0 Å². The van der Waals surface area contributed by atoms with E-state index in [1.807, 2.05) is 25.6 Å². The Balaban J connectivity index is 3.58. The summed E-state index contributed by atoms with van der Waals surface area (Å²) in [6, 6.07) is 0. The van der Waals surface area contributed by atoms with E-state index in [0.29, 0.717) is 16.3 Å². The minimum atomic E-state index is 0.205. The lowest BCUT2D eigenvalue weighted by Crippen LogP contribution is -2.10. The van der Waals surface area contributed by atoms with Crippen molar-refractivity contribution in [3.8, 4) is 0 Å². The minimum absolute atomic E-state index is 0.205. The summed E-state index contributed by atoms with van der Waals surface area (Å²) in [4.78, 5) is 11.3. The summed E-state index contributed by atoms with van der Waals surface area (Å²) in [6.07, 6.45) is 1.78. The van der Waals surface area contributed by atoms with E-state index in [4.69, 9.17) is 0 Å². The molecule has 0 spiro atoms. The van der Waals surface area contributed by atoms with Gasteiger partial charge in [-0.25, -0.2) is 0 Å². The van der Waals surface area contributed by atoms with E-state index in [1.54, 1.807) is 0 Å². The molecule has 0 saturated heterocycles. The van der Waals surface area contributed by atoms with Crippen molar-refractivity contribution in [1.29, 1.82) is 0 Å². The molecule has 0 aliphatic carbocycles. The van der Waals surface area contributed by atoms with Crippen LogP contribution in [-0.2, 0) is 4.79 Å². The first kappa shape index (κ1) is 13.0. The molecule has 78 valence electrons. The first-order valence-electron chi connectivity index (χ1n) is 5.11. The second kappa shape index (κ2) is 6.47. The lowest BCUT2D eigenvalue weighted by molar-refractivity contribution is -0.121. The molecule has 0 N–H and O–H groups in total. The molecule has 0 aliphatic rings. The van der Waals surface area contributed by atoms with Crippen molar-refractivity contribution in [3.63, 3.8) is 0 Å². The molecule has 0 saturated carbocycles. The number of ketones is 1. The van der Waals surface area contributed by atoms with Crippen molar-refractivity contribution in [2.24, 2.45) is 5.92 Å². The molecule has 0 aromatic heterocycles. The maximum atomic E-state index is 11.3. The lowest BCUT2D eigenvalue weighted by atomic mass is 10.0. The summed E-state index contributed by atoms with van der Waals surface area (Å²) in [5, 5.41) is 1.28. The van der Waals surface area contributed by atoms with Crippen LogP contribution in [0.3, 0.4) is 0 Å². The minimum Gasteiger partial charge on any atom is -0.299 e. The molecule has 1 unspecified atom stereocenters. The highest BCUT2D eigenvalue weighted by molar-refractivity contribution is 8.00. The van der Waals surface area contributed by atoms with Crippen LogP contribution in [-0.4, -0.2) is 16.3 Å². The van der Waals surface area contributed by atoms with Gasteiger partial charge in [-0.3, -0.25) is 4.79 Å². The first-order valence-corrected chi connectivity index (χ1v) is 6.06. The van der Waals surface area contributed by atoms with E-state index < -0.39 is 0 Å². The number of thioether (sulfide) groups is 1. The topological polar surface area (TPSA) is 17.1 Å². The van der Waals surface area contributed by atoms with E-state index in [1.165, 1.54) is 0 Å². The van der Waals surface area contributed by atoms with Gasteiger partial charge in [-0.05, 0) is 11.7 Å². The molecule has 0 aliphatic heterocycles. The normalized spacial score (nSPS) is 13.8. The standard InChI is InChI=1S/C11H22OS/c1-8(2)11(12)7-6-10(5)13-9(3)4/h8-10H,6-7H2,1-5H3. The Bertz CT molecular complexity index is 152.